The van der Waals surface area contributed by atoms with E-state index in [1.807, 2.05) is 36.4 Å². The van der Waals surface area contributed by atoms with Gasteiger partial charge in [0.1, 0.15) is 17.3 Å². The van der Waals surface area contributed by atoms with Gasteiger partial charge in [0.15, 0.2) is 0 Å². The predicted octanol–water partition coefficient (Wildman–Crippen LogP) is 3.57. The van der Waals surface area contributed by atoms with Crippen LogP contribution in [0, 0.1) is 0 Å². The summed E-state index contributed by atoms with van der Waals surface area (Å²) in [6.07, 6.45) is 1.72. The first kappa shape index (κ1) is 22.6. The van der Waals surface area contributed by atoms with Crippen LogP contribution in [0.3, 0.4) is 0 Å². The average Bonchev–Trinajstić information content (AvgIpc) is 2.89. The van der Waals surface area contributed by atoms with Crippen molar-refractivity contribution in [2.75, 3.05) is 63.3 Å². The highest BCUT2D eigenvalue weighted by molar-refractivity contribution is 6.05. The number of anilines is 2. The Kier molecular flexibility index (Phi) is 7.42. The summed E-state index contributed by atoms with van der Waals surface area (Å²) in [5.41, 5.74) is 1.74. The summed E-state index contributed by atoms with van der Waals surface area (Å²) in [6.45, 7) is 5.01. The molecule has 0 atom stereocenters. The maximum Gasteiger partial charge on any atom is 0.259 e. The lowest BCUT2D eigenvalue weighted by Crippen LogP contribution is -2.49. The van der Waals surface area contributed by atoms with E-state index in [0.717, 1.165) is 49.9 Å². The maximum absolute atomic E-state index is 13.3. The Bertz CT molecular complexity index is 1030. The summed E-state index contributed by atoms with van der Waals surface area (Å²) in [7, 11) is 3.33. The summed E-state index contributed by atoms with van der Waals surface area (Å²) in [6, 6.07) is 21.0. The number of pyridine rings is 1. The summed E-state index contributed by atoms with van der Waals surface area (Å²) in [5, 5.41) is 0. The third-order valence-electron chi connectivity index (χ3n) is 5.95. The van der Waals surface area contributed by atoms with Crippen LogP contribution < -0.4 is 19.3 Å². The molecule has 0 unspecified atom stereocenters. The van der Waals surface area contributed by atoms with Crippen molar-refractivity contribution < 1.29 is 14.3 Å². The van der Waals surface area contributed by atoms with Crippen LogP contribution in [-0.4, -0.2) is 69.3 Å². The molecule has 0 bridgehead atoms. The topological polar surface area (TPSA) is 58.1 Å². The van der Waals surface area contributed by atoms with Crippen molar-refractivity contribution in [2.45, 2.75) is 0 Å². The monoisotopic (exact) mass is 445 g/mol. The van der Waals surface area contributed by atoms with Crippen molar-refractivity contribution in [1.29, 1.82) is 0 Å². The summed E-state index contributed by atoms with van der Waals surface area (Å²) < 4.78 is 10.7. The average molecular weight is 446 g/mol. The van der Waals surface area contributed by atoms with E-state index in [9.17, 15) is 4.79 Å². The number of aromatic nitrogens is 1. The molecule has 1 amide bonds. The van der Waals surface area contributed by atoms with Gasteiger partial charge in [0.2, 0.25) is 0 Å². The van der Waals surface area contributed by atoms with Crippen molar-refractivity contribution in [3.8, 4) is 11.5 Å². The van der Waals surface area contributed by atoms with Crippen LogP contribution in [0.1, 0.15) is 10.4 Å². The lowest BCUT2D eigenvalue weighted by atomic mass is 9.86. The van der Waals surface area contributed by atoms with Crippen LogP contribution in [0.15, 0.2) is 72.9 Å². The van der Waals surface area contributed by atoms with Crippen molar-refractivity contribution in [3.63, 3.8) is 0 Å². The normalized spacial score (nSPS) is 14.1. The van der Waals surface area contributed by atoms with E-state index in [0.29, 0.717) is 17.9 Å². The van der Waals surface area contributed by atoms with E-state index in [4.69, 9.17) is 9.47 Å². The van der Waals surface area contributed by atoms with Gasteiger partial charge in [-0.05, 0) is 48.5 Å². The SMILES string of the molecule is COc1ccc([11C](=O)N(CCN2CCN(c3ccccc3OC)CC2)c2ccccn2)cc1. The Hall–Kier alpha value is -3.58. The van der Waals surface area contributed by atoms with Gasteiger partial charge >= 0.3 is 0 Å². The molecule has 3 aromatic rings. The number of nitrogens with zero attached hydrogens (tertiary/aromatic N) is 4. The van der Waals surface area contributed by atoms with Crippen LogP contribution in [0.5, 0.6) is 11.5 Å². The van der Waals surface area contributed by atoms with E-state index in [2.05, 4.69) is 20.9 Å². The van der Waals surface area contributed by atoms with E-state index >= 15 is 0 Å². The largest absolute Gasteiger partial charge is 0.497 e. The minimum Gasteiger partial charge on any atom is -0.497 e. The number of carbonyl (C=O) groups is 1. The number of amides is 1. The van der Waals surface area contributed by atoms with Crippen LogP contribution >= 0.6 is 0 Å². The molecule has 1 aliphatic heterocycles. The molecule has 1 aromatic heterocycles. The van der Waals surface area contributed by atoms with Gasteiger partial charge in [-0.25, -0.2) is 4.98 Å². The van der Waals surface area contributed by atoms with Crippen LogP contribution in [0.2, 0.25) is 0 Å². The zero-order valence-corrected chi connectivity index (χ0v) is 19.2. The molecule has 4 rings (SSSR count). The highest BCUT2D eigenvalue weighted by atomic mass is 16.5. The van der Waals surface area contributed by atoms with E-state index in [1.54, 1.807) is 49.6 Å². The number of piperazine rings is 1. The Balaban J connectivity index is 1.41. The number of benzene rings is 2. The predicted molar refractivity (Wildman–Crippen MR) is 131 cm³/mol. The molecule has 0 radical (unpaired) electrons. The summed E-state index contributed by atoms with van der Waals surface area (Å²) in [4.78, 5) is 24.3. The second kappa shape index (κ2) is 10.8. The number of methoxy groups -OCH3 is 2. The molecule has 0 spiro atoms. The molecule has 0 aliphatic carbocycles. The highest BCUT2D eigenvalue weighted by Gasteiger charge is 2.23. The van der Waals surface area contributed by atoms with Gasteiger partial charge in [-0.1, -0.05) is 18.2 Å². The molecule has 7 heteroatoms. The van der Waals surface area contributed by atoms with E-state index < -0.39 is 0 Å². The lowest BCUT2D eigenvalue weighted by Gasteiger charge is -2.37. The van der Waals surface area contributed by atoms with Crippen LogP contribution in [0.25, 0.3) is 0 Å². The van der Waals surface area contributed by atoms with Gasteiger partial charge in [0.05, 0.1) is 19.9 Å². The number of rotatable bonds is 8. The molecule has 1 fully saturated rings. The van der Waals surface area contributed by atoms with Crippen LogP contribution in [-0.2, 0) is 0 Å². The number of carbonyl (C=O) groups excluding carboxylic acids is 1. The zero-order chi connectivity index (χ0) is 23.0. The molecule has 2 heterocycles. The van der Waals surface area contributed by atoms with Gasteiger partial charge in [0, 0.05) is 51.0 Å². The molecule has 7 nitrogen and oxygen atoms in total. The van der Waals surface area contributed by atoms with E-state index in [-0.39, 0.29) is 5.91 Å². The van der Waals surface area contributed by atoms with E-state index in [1.165, 1.54) is 0 Å². The van der Waals surface area contributed by atoms with Gasteiger partial charge < -0.3 is 14.4 Å². The fourth-order valence-corrected chi connectivity index (χ4v) is 4.07. The fraction of sp³-hybridized carbons (Fsp3) is 0.308. The van der Waals surface area contributed by atoms with Crippen molar-refractivity contribution in [2.24, 2.45) is 0 Å². The number of ether oxygens (including phenoxy) is 2. The molecule has 0 saturated carbocycles. The minimum atomic E-state index is -0.0657. The van der Waals surface area contributed by atoms with Crippen LogP contribution in [0.4, 0.5) is 11.5 Å². The van der Waals surface area contributed by atoms with Crippen molar-refractivity contribution in [1.82, 2.24) is 9.88 Å². The first-order valence-electron chi connectivity index (χ1n) is 11.2. The smallest absolute Gasteiger partial charge is 0.259 e. The Morgan fingerprint density at radius 2 is 1.64 bits per heavy atom. The zero-order valence-electron chi connectivity index (χ0n) is 19.2. The molecule has 33 heavy (non-hydrogen) atoms. The van der Waals surface area contributed by atoms with Gasteiger partial charge in [-0.15, -0.1) is 0 Å². The first-order chi connectivity index (χ1) is 16.2. The summed E-state index contributed by atoms with van der Waals surface area (Å²) >= 11 is 0. The highest BCUT2D eigenvalue weighted by Crippen LogP contribution is 2.28. The second-order valence-electron chi connectivity index (χ2n) is 7.87. The molecule has 1 saturated heterocycles. The van der Waals surface area contributed by atoms with Crippen molar-refractivity contribution >= 4 is 17.4 Å². The van der Waals surface area contributed by atoms with Gasteiger partial charge in [0.25, 0.3) is 5.91 Å². The molecule has 172 valence electrons. The fourth-order valence-electron chi connectivity index (χ4n) is 4.07. The lowest BCUT2D eigenvalue weighted by molar-refractivity contribution is 0.0982. The number of hydrogen-bond acceptors (Lipinski definition) is 6. The molecular formula is C26H30N4O3. The third-order valence-corrected chi connectivity index (χ3v) is 5.95. The molecule has 0 N–H and O–H groups in total. The first-order valence-corrected chi connectivity index (χ1v) is 11.2. The molecular weight excluding hydrogens is 415 g/mol. The molecule has 2 aromatic carbocycles. The minimum absolute atomic E-state index is 0.0657. The second-order valence-corrected chi connectivity index (χ2v) is 7.87. The Morgan fingerprint density at radius 3 is 2.30 bits per heavy atom. The third kappa shape index (κ3) is 5.43. The molecule has 1 aliphatic rings. The summed E-state index contributed by atoms with van der Waals surface area (Å²) in [5.74, 6) is 2.22. The van der Waals surface area contributed by atoms with Gasteiger partial charge in [-0.3, -0.25) is 14.6 Å². The maximum atomic E-state index is 13.3. The standard InChI is InChI=1S/C26H30N4O3/c1-32-22-12-10-21(11-13-22)26(31)30(25-9-5-6-14-27-25)20-17-28-15-18-29(19-16-28)23-7-3-4-8-24(23)33-2/h3-14H,15-20H2,1-2H3/i26-1. The Labute approximate surface area is 195 Å². The number of hydrogen-bond donors (Lipinski definition) is 0. The quantitative estimate of drug-likeness (QED) is 0.528. The van der Waals surface area contributed by atoms with Gasteiger partial charge in [-0.2, -0.15) is 0 Å². The Morgan fingerprint density at radius 1 is 0.909 bits per heavy atom. The number of para-hydroxylation sites is 2. The van der Waals surface area contributed by atoms with Crippen molar-refractivity contribution in [3.05, 3.63) is 78.5 Å².